The quantitative estimate of drug-likeness (QED) is 0.633. The van der Waals surface area contributed by atoms with Crippen molar-refractivity contribution in [3.8, 4) is 6.07 Å². The molecular weight excluding hydrogens is 305 g/mol. The molecule has 0 aliphatic rings. The van der Waals surface area contributed by atoms with Gasteiger partial charge in [-0.15, -0.1) is 0 Å². The summed E-state index contributed by atoms with van der Waals surface area (Å²) in [6, 6.07) is 5.51. The van der Waals surface area contributed by atoms with Gasteiger partial charge >= 0.3 is 5.97 Å². The van der Waals surface area contributed by atoms with Crippen LogP contribution in [0.4, 0.5) is 0 Å². The zero-order valence-electron chi connectivity index (χ0n) is 9.30. The summed E-state index contributed by atoms with van der Waals surface area (Å²) in [4.78, 5) is 11.4. The van der Waals surface area contributed by atoms with E-state index in [1.165, 1.54) is 0 Å². The summed E-state index contributed by atoms with van der Waals surface area (Å²) in [7, 11) is 0. The number of esters is 1. The van der Waals surface area contributed by atoms with Crippen LogP contribution < -0.4 is 0 Å². The van der Waals surface area contributed by atoms with E-state index in [1.807, 2.05) is 6.07 Å². The molecule has 0 aliphatic heterocycles. The maximum Gasteiger partial charge on any atom is 0.310 e. The third-order valence-electron chi connectivity index (χ3n) is 2.12. The second kappa shape index (κ2) is 6.63. The third kappa shape index (κ3) is 3.72. The molecule has 1 aromatic carbocycles. The van der Waals surface area contributed by atoms with Gasteiger partial charge in [-0.3, -0.25) is 4.79 Å². The van der Waals surface area contributed by atoms with Crippen molar-refractivity contribution in [1.29, 1.82) is 5.26 Å². The van der Waals surface area contributed by atoms with Gasteiger partial charge < -0.3 is 4.74 Å². The maximum absolute atomic E-state index is 11.4. The molecule has 0 heterocycles. The second-order valence-electron chi connectivity index (χ2n) is 3.34. The Morgan fingerprint density at radius 1 is 1.59 bits per heavy atom. The lowest BCUT2D eigenvalue weighted by atomic mass is 10.0. The fraction of sp³-hybridized carbons (Fsp3) is 0.333. The number of hydrogen-bond donors (Lipinski definition) is 0. The van der Waals surface area contributed by atoms with Crippen LogP contribution in [0.25, 0.3) is 0 Å². The summed E-state index contributed by atoms with van der Waals surface area (Å²) in [5, 5.41) is 9.86. The number of nitriles is 1. The molecule has 17 heavy (non-hydrogen) atoms. The molecule has 0 fully saturated rings. The minimum Gasteiger partial charge on any atom is -0.466 e. The molecule has 0 bridgehead atoms. The van der Waals surface area contributed by atoms with Gasteiger partial charge in [-0.25, -0.2) is 0 Å². The Kier molecular flexibility index (Phi) is 5.46. The van der Waals surface area contributed by atoms with Gasteiger partial charge in [0.1, 0.15) is 6.07 Å². The van der Waals surface area contributed by atoms with Crippen molar-refractivity contribution in [1.82, 2.24) is 0 Å². The third-order valence-corrected chi connectivity index (χ3v) is 3.22. The molecule has 90 valence electrons. The molecule has 5 heteroatoms. The summed E-state index contributed by atoms with van der Waals surface area (Å²) < 4.78 is 4.86. The Balaban J connectivity index is 3.06. The fourth-order valence-electron chi connectivity index (χ4n) is 1.41. The second-order valence-corrected chi connectivity index (χ2v) is 4.28. The molecule has 1 rings (SSSR count). The Morgan fingerprint density at radius 2 is 2.29 bits per heavy atom. The first kappa shape index (κ1) is 14.0. The first-order valence-electron chi connectivity index (χ1n) is 5.05. The number of ether oxygens (including phenoxy) is 1. The summed E-state index contributed by atoms with van der Waals surface area (Å²) in [5.41, 5.74) is 1.91. The SMILES string of the molecule is CCOC(=O)Cc1cc(CBr)cc(C#N)c1Cl. The first-order chi connectivity index (χ1) is 8.12. The Bertz CT molecular complexity index is 468. The van der Waals surface area contributed by atoms with Gasteiger partial charge in [0.05, 0.1) is 23.6 Å². The van der Waals surface area contributed by atoms with Crippen molar-refractivity contribution < 1.29 is 9.53 Å². The highest BCUT2D eigenvalue weighted by Crippen LogP contribution is 2.24. The van der Waals surface area contributed by atoms with Crippen molar-refractivity contribution in [3.05, 3.63) is 33.8 Å². The van der Waals surface area contributed by atoms with Crippen LogP contribution in [-0.4, -0.2) is 12.6 Å². The number of carbonyl (C=O) groups excluding carboxylic acids is 1. The van der Waals surface area contributed by atoms with Crippen LogP contribution in [0.15, 0.2) is 12.1 Å². The summed E-state index contributed by atoms with van der Waals surface area (Å²) in [5.74, 6) is -0.343. The number of benzene rings is 1. The van der Waals surface area contributed by atoms with E-state index < -0.39 is 0 Å². The van der Waals surface area contributed by atoms with Crippen LogP contribution in [-0.2, 0) is 21.3 Å². The van der Waals surface area contributed by atoms with E-state index >= 15 is 0 Å². The van der Waals surface area contributed by atoms with Crippen LogP contribution in [0.3, 0.4) is 0 Å². The van der Waals surface area contributed by atoms with E-state index in [4.69, 9.17) is 21.6 Å². The van der Waals surface area contributed by atoms with Crippen molar-refractivity contribution in [2.24, 2.45) is 0 Å². The van der Waals surface area contributed by atoms with Crippen molar-refractivity contribution >= 4 is 33.5 Å². The number of alkyl halides is 1. The van der Waals surface area contributed by atoms with E-state index in [-0.39, 0.29) is 12.4 Å². The lowest BCUT2D eigenvalue weighted by Gasteiger charge is -2.08. The summed E-state index contributed by atoms with van der Waals surface area (Å²) >= 11 is 9.34. The van der Waals surface area contributed by atoms with Crippen LogP contribution >= 0.6 is 27.5 Å². The van der Waals surface area contributed by atoms with Gasteiger partial charge in [0.2, 0.25) is 0 Å². The Labute approximate surface area is 113 Å². The van der Waals surface area contributed by atoms with E-state index in [1.54, 1.807) is 19.1 Å². The monoisotopic (exact) mass is 315 g/mol. The van der Waals surface area contributed by atoms with Crippen LogP contribution in [0.5, 0.6) is 0 Å². The Morgan fingerprint density at radius 3 is 2.82 bits per heavy atom. The van der Waals surface area contributed by atoms with Crippen molar-refractivity contribution in [2.75, 3.05) is 6.61 Å². The zero-order chi connectivity index (χ0) is 12.8. The van der Waals surface area contributed by atoms with E-state index in [2.05, 4.69) is 15.9 Å². The average molecular weight is 317 g/mol. The summed E-state index contributed by atoms with van der Waals surface area (Å²) in [6.07, 6.45) is 0.0855. The number of rotatable bonds is 4. The highest BCUT2D eigenvalue weighted by molar-refractivity contribution is 9.08. The lowest BCUT2D eigenvalue weighted by Crippen LogP contribution is -2.08. The van der Waals surface area contributed by atoms with E-state index in [0.29, 0.717) is 28.1 Å². The number of hydrogen-bond acceptors (Lipinski definition) is 3. The molecule has 1 aromatic rings. The van der Waals surface area contributed by atoms with Gasteiger partial charge in [0.15, 0.2) is 0 Å². The molecule has 0 spiro atoms. The minimum atomic E-state index is -0.343. The van der Waals surface area contributed by atoms with Crippen LogP contribution in [0.2, 0.25) is 5.02 Å². The highest BCUT2D eigenvalue weighted by atomic mass is 79.9. The molecule has 0 atom stereocenters. The molecule has 0 N–H and O–H groups in total. The molecule has 0 radical (unpaired) electrons. The fourth-order valence-corrected chi connectivity index (χ4v) is 1.95. The van der Waals surface area contributed by atoms with E-state index in [0.717, 1.165) is 5.56 Å². The molecule has 0 saturated heterocycles. The Hall–Kier alpha value is -1.05. The first-order valence-corrected chi connectivity index (χ1v) is 6.55. The van der Waals surface area contributed by atoms with Gasteiger partial charge in [-0.1, -0.05) is 33.6 Å². The normalized spacial score (nSPS) is 9.76. The predicted molar refractivity (Wildman–Crippen MR) is 69.1 cm³/mol. The van der Waals surface area contributed by atoms with Gasteiger partial charge in [-0.05, 0) is 24.1 Å². The minimum absolute atomic E-state index is 0.0855. The molecule has 0 aliphatic carbocycles. The number of halogens is 2. The van der Waals surface area contributed by atoms with Crippen LogP contribution in [0, 0.1) is 11.3 Å². The van der Waals surface area contributed by atoms with Crippen molar-refractivity contribution in [2.45, 2.75) is 18.7 Å². The molecule has 0 saturated carbocycles. The largest absolute Gasteiger partial charge is 0.466 e. The smallest absolute Gasteiger partial charge is 0.310 e. The predicted octanol–water partition coefficient (Wildman–Crippen LogP) is 3.21. The summed E-state index contributed by atoms with van der Waals surface area (Å²) in [6.45, 7) is 2.08. The topological polar surface area (TPSA) is 50.1 Å². The molecule has 0 amide bonds. The molecule has 0 unspecified atom stereocenters. The molecular formula is C12H11BrClNO2. The van der Waals surface area contributed by atoms with Gasteiger partial charge in [0, 0.05) is 5.33 Å². The highest BCUT2D eigenvalue weighted by Gasteiger charge is 2.12. The molecule has 0 aromatic heterocycles. The van der Waals surface area contributed by atoms with Crippen molar-refractivity contribution in [3.63, 3.8) is 0 Å². The van der Waals surface area contributed by atoms with Crippen LogP contribution in [0.1, 0.15) is 23.6 Å². The number of nitrogens with zero attached hydrogens (tertiary/aromatic N) is 1. The van der Waals surface area contributed by atoms with E-state index in [9.17, 15) is 4.79 Å². The average Bonchev–Trinajstić information content (AvgIpc) is 2.32. The van der Waals surface area contributed by atoms with Gasteiger partial charge in [0.25, 0.3) is 0 Å². The molecule has 3 nitrogen and oxygen atoms in total. The number of carbonyl (C=O) groups is 1. The maximum atomic E-state index is 11.4. The standard InChI is InChI=1S/C12H11BrClNO2/c1-2-17-11(16)5-9-3-8(6-13)4-10(7-15)12(9)14/h3-4H,2,5-6H2,1H3. The van der Waals surface area contributed by atoms with Gasteiger partial charge in [-0.2, -0.15) is 5.26 Å². The lowest BCUT2D eigenvalue weighted by molar-refractivity contribution is -0.142. The zero-order valence-corrected chi connectivity index (χ0v) is 11.6.